The molecule has 24 heavy (non-hydrogen) atoms. The van der Waals surface area contributed by atoms with Gasteiger partial charge in [-0.25, -0.2) is 4.98 Å². The van der Waals surface area contributed by atoms with Crippen LogP contribution in [0, 0.1) is 0 Å². The number of benzene rings is 2. The molecular formula is C17H16N2O4S. The molecule has 3 rings (SSSR count). The van der Waals surface area contributed by atoms with E-state index in [0.717, 1.165) is 11.3 Å². The maximum atomic E-state index is 11.1. The van der Waals surface area contributed by atoms with Gasteiger partial charge in [0.25, 0.3) is 10.1 Å². The molecule has 1 N–H and O–H groups in total. The van der Waals surface area contributed by atoms with E-state index in [1.807, 2.05) is 43.3 Å². The van der Waals surface area contributed by atoms with Crippen molar-refractivity contribution < 1.29 is 17.4 Å². The molecule has 0 unspecified atom stereocenters. The lowest BCUT2D eigenvalue weighted by Gasteiger charge is -2.12. The number of rotatable bonds is 4. The van der Waals surface area contributed by atoms with Crippen molar-refractivity contribution in [2.45, 2.75) is 4.90 Å². The van der Waals surface area contributed by atoms with Gasteiger partial charge in [-0.15, -0.1) is 0 Å². The highest BCUT2D eigenvalue weighted by Crippen LogP contribution is 2.27. The number of hydrogen-bond acceptors (Lipinski definition) is 5. The standard InChI is InChI=1S/C17H16N2O4S/c1-19(2)14-5-3-4-13(10-14)16-11-23-17(18-16)12-6-8-15(9-7-12)24(20,21)22/h3-11H,1-2H3,(H,20,21,22). The van der Waals surface area contributed by atoms with Gasteiger partial charge < -0.3 is 9.32 Å². The summed E-state index contributed by atoms with van der Waals surface area (Å²) < 4.78 is 36.6. The van der Waals surface area contributed by atoms with Gasteiger partial charge in [-0.3, -0.25) is 4.55 Å². The van der Waals surface area contributed by atoms with E-state index in [4.69, 9.17) is 8.97 Å². The summed E-state index contributed by atoms with van der Waals surface area (Å²) in [6, 6.07) is 13.6. The first-order valence-electron chi connectivity index (χ1n) is 7.16. The van der Waals surface area contributed by atoms with E-state index in [-0.39, 0.29) is 4.90 Å². The smallest absolute Gasteiger partial charge is 0.294 e. The van der Waals surface area contributed by atoms with Crippen LogP contribution in [0.2, 0.25) is 0 Å². The molecule has 0 amide bonds. The molecule has 0 saturated carbocycles. The molecule has 0 saturated heterocycles. The van der Waals surface area contributed by atoms with Crippen LogP contribution in [0.15, 0.2) is 64.1 Å². The zero-order valence-electron chi connectivity index (χ0n) is 13.2. The first kappa shape index (κ1) is 16.2. The van der Waals surface area contributed by atoms with Crippen molar-refractivity contribution in [3.05, 3.63) is 54.8 Å². The van der Waals surface area contributed by atoms with Crippen molar-refractivity contribution in [1.29, 1.82) is 0 Å². The molecule has 0 radical (unpaired) electrons. The lowest BCUT2D eigenvalue weighted by atomic mass is 10.1. The Hall–Kier alpha value is -2.64. The molecule has 0 fully saturated rings. The third-order valence-corrected chi connectivity index (χ3v) is 4.43. The maximum absolute atomic E-state index is 11.1. The van der Waals surface area contributed by atoms with E-state index < -0.39 is 10.1 Å². The molecule has 6 nitrogen and oxygen atoms in total. The Bertz CT molecular complexity index is 960. The van der Waals surface area contributed by atoms with Crippen LogP contribution in [0.4, 0.5) is 5.69 Å². The van der Waals surface area contributed by atoms with Crippen LogP contribution in [0.1, 0.15) is 0 Å². The SMILES string of the molecule is CN(C)c1cccc(-c2coc(-c3ccc(S(=O)(=O)O)cc3)n2)c1. The quantitative estimate of drug-likeness (QED) is 0.731. The van der Waals surface area contributed by atoms with Gasteiger partial charge >= 0.3 is 0 Å². The average Bonchev–Trinajstić information content (AvgIpc) is 3.04. The second kappa shape index (κ2) is 6.10. The molecule has 0 aliphatic rings. The topological polar surface area (TPSA) is 83.6 Å². The Kier molecular flexibility index (Phi) is 4.13. The van der Waals surface area contributed by atoms with E-state index in [1.165, 1.54) is 24.3 Å². The minimum Gasteiger partial charge on any atom is -0.444 e. The molecule has 0 bridgehead atoms. The summed E-state index contributed by atoms with van der Waals surface area (Å²) in [4.78, 5) is 6.27. The second-order valence-corrected chi connectivity index (χ2v) is 6.90. The largest absolute Gasteiger partial charge is 0.444 e. The monoisotopic (exact) mass is 344 g/mol. The van der Waals surface area contributed by atoms with E-state index in [0.29, 0.717) is 17.1 Å². The minimum absolute atomic E-state index is 0.170. The number of anilines is 1. The molecule has 2 aromatic carbocycles. The van der Waals surface area contributed by atoms with Crippen LogP contribution >= 0.6 is 0 Å². The summed E-state index contributed by atoms with van der Waals surface area (Å²) in [6.07, 6.45) is 1.56. The predicted octanol–water partition coefficient (Wildman–Crippen LogP) is 3.32. The second-order valence-electron chi connectivity index (χ2n) is 5.48. The highest BCUT2D eigenvalue weighted by Gasteiger charge is 2.12. The van der Waals surface area contributed by atoms with Crippen molar-refractivity contribution in [2.75, 3.05) is 19.0 Å². The lowest BCUT2D eigenvalue weighted by Crippen LogP contribution is -2.08. The number of oxazole rings is 1. The van der Waals surface area contributed by atoms with E-state index in [1.54, 1.807) is 6.26 Å². The van der Waals surface area contributed by atoms with Crippen molar-refractivity contribution in [2.24, 2.45) is 0 Å². The fraction of sp³-hybridized carbons (Fsp3) is 0.118. The highest BCUT2D eigenvalue weighted by atomic mass is 32.2. The Morgan fingerprint density at radius 1 is 1.04 bits per heavy atom. The van der Waals surface area contributed by atoms with Gasteiger partial charge in [-0.1, -0.05) is 12.1 Å². The first-order chi connectivity index (χ1) is 11.3. The normalized spacial score (nSPS) is 11.5. The van der Waals surface area contributed by atoms with Crippen LogP contribution in [0.5, 0.6) is 0 Å². The fourth-order valence-electron chi connectivity index (χ4n) is 2.25. The molecular weight excluding hydrogens is 328 g/mol. The summed E-state index contributed by atoms with van der Waals surface area (Å²) in [6.45, 7) is 0. The summed E-state index contributed by atoms with van der Waals surface area (Å²) in [5.74, 6) is 0.377. The third kappa shape index (κ3) is 3.32. The molecule has 7 heteroatoms. The Morgan fingerprint density at radius 2 is 1.75 bits per heavy atom. The first-order valence-corrected chi connectivity index (χ1v) is 8.60. The maximum Gasteiger partial charge on any atom is 0.294 e. The number of nitrogens with zero attached hydrogens (tertiary/aromatic N) is 2. The predicted molar refractivity (Wildman–Crippen MR) is 91.5 cm³/mol. The molecule has 1 aromatic heterocycles. The van der Waals surface area contributed by atoms with Crippen LogP contribution < -0.4 is 4.90 Å². The van der Waals surface area contributed by atoms with Gasteiger partial charge in [0.15, 0.2) is 0 Å². The van der Waals surface area contributed by atoms with Crippen molar-refractivity contribution >= 4 is 15.8 Å². The van der Waals surface area contributed by atoms with Crippen LogP contribution in [0.25, 0.3) is 22.7 Å². The molecule has 0 aliphatic heterocycles. The van der Waals surface area contributed by atoms with Crippen LogP contribution in [-0.4, -0.2) is 32.0 Å². The third-order valence-electron chi connectivity index (χ3n) is 3.56. The Balaban J connectivity index is 1.92. The molecule has 0 atom stereocenters. The van der Waals surface area contributed by atoms with Crippen LogP contribution in [-0.2, 0) is 10.1 Å². The molecule has 3 aromatic rings. The summed E-state index contributed by atoms with van der Waals surface area (Å²) >= 11 is 0. The highest BCUT2D eigenvalue weighted by molar-refractivity contribution is 7.85. The minimum atomic E-state index is -4.21. The van der Waals surface area contributed by atoms with E-state index in [9.17, 15) is 8.42 Å². The zero-order valence-corrected chi connectivity index (χ0v) is 14.0. The number of aromatic nitrogens is 1. The summed E-state index contributed by atoms with van der Waals surface area (Å²) in [7, 11) is -0.283. The molecule has 0 aliphatic carbocycles. The van der Waals surface area contributed by atoms with Crippen molar-refractivity contribution in [3.63, 3.8) is 0 Å². The zero-order chi connectivity index (χ0) is 17.3. The molecule has 1 heterocycles. The summed E-state index contributed by atoms with van der Waals surface area (Å²) in [5.41, 5.74) is 3.28. The van der Waals surface area contributed by atoms with Gasteiger partial charge in [0.05, 0.1) is 4.90 Å². The van der Waals surface area contributed by atoms with Gasteiger partial charge in [-0.2, -0.15) is 8.42 Å². The lowest BCUT2D eigenvalue weighted by molar-refractivity contribution is 0.483. The van der Waals surface area contributed by atoms with Crippen molar-refractivity contribution in [3.8, 4) is 22.7 Å². The fourth-order valence-corrected chi connectivity index (χ4v) is 2.73. The molecule has 124 valence electrons. The Labute approximate surface area is 140 Å². The van der Waals surface area contributed by atoms with Crippen LogP contribution in [0.3, 0.4) is 0 Å². The van der Waals surface area contributed by atoms with Gasteiger partial charge in [0.2, 0.25) is 5.89 Å². The Morgan fingerprint density at radius 3 is 2.38 bits per heavy atom. The summed E-state index contributed by atoms with van der Waals surface area (Å²) in [5, 5.41) is 0. The average molecular weight is 344 g/mol. The van der Waals surface area contributed by atoms with Gasteiger partial charge in [-0.05, 0) is 36.4 Å². The van der Waals surface area contributed by atoms with Crippen molar-refractivity contribution in [1.82, 2.24) is 4.98 Å². The van der Waals surface area contributed by atoms with E-state index in [2.05, 4.69) is 4.98 Å². The van der Waals surface area contributed by atoms with Gasteiger partial charge in [0.1, 0.15) is 12.0 Å². The number of hydrogen-bond donors (Lipinski definition) is 1. The van der Waals surface area contributed by atoms with Gasteiger partial charge in [0, 0.05) is 30.9 Å². The molecule has 0 spiro atoms. The van der Waals surface area contributed by atoms with E-state index >= 15 is 0 Å².